The quantitative estimate of drug-likeness (QED) is 0.514. The van der Waals surface area contributed by atoms with Gasteiger partial charge in [-0.2, -0.15) is 5.10 Å². The van der Waals surface area contributed by atoms with Crippen LogP contribution in [0, 0.1) is 13.8 Å². The normalized spacial score (nSPS) is 12.4. The zero-order valence-electron chi connectivity index (χ0n) is 15.3. The summed E-state index contributed by atoms with van der Waals surface area (Å²) < 4.78 is 5.46. The van der Waals surface area contributed by atoms with E-state index in [0.29, 0.717) is 21.0 Å². The number of carbonyl (C=O) groups is 1. The molecule has 9 heteroatoms. The number of fused-ring (bicyclic) bond motifs is 2. The Morgan fingerprint density at radius 2 is 1.86 bits per heavy atom. The van der Waals surface area contributed by atoms with Gasteiger partial charge in [0.15, 0.2) is 17.6 Å². The number of nitrogens with zero attached hydrogens (tertiary/aromatic N) is 2. The van der Waals surface area contributed by atoms with Crippen LogP contribution in [0.3, 0.4) is 0 Å². The molecule has 0 fully saturated rings. The summed E-state index contributed by atoms with van der Waals surface area (Å²) in [6, 6.07) is 6.63. The summed E-state index contributed by atoms with van der Waals surface area (Å²) in [6.07, 6.45) is -0.806. The summed E-state index contributed by atoms with van der Waals surface area (Å²) >= 11 is 1.42. The number of carbonyl (C=O) groups excluding carboxylic acids is 1. The standard InChI is InChI=1S/C19H16N4O4S/c1-8-10(3)28-18-13(8)17(25)20-15(21-18)9(2)27-19(26)14-11-6-4-5-7-12(11)16(24)23-22-14/h4-7,9H,1-3H3,(H,23,24)(H,20,21,25)/t9-/m1/s1. The molecule has 3 heterocycles. The van der Waals surface area contributed by atoms with Crippen molar-refractivity contribution in [3.8, 4) is 0 Å². The molecule has 0 saturated heterocycles. The fraction of sp³-hybridized carbons (Fsp3) is 0.211. The van der Waals surface area contributed by atoms with Crippen LogP contribution in [0.1, 0.15) is 39.8 Å². The molecule has 28 heavy (non-hydrogen) atoms. The van der Waals surface area contributed by atoms with E-state index >= 15 is 0 Å². The fourth-order valence-corrected chi connectivity index (χ4v) is 4.04. The van der Waals surface area contributed by atoms with E-state index in [9.17, 15) is 14.4 Å². The average molecular weight is 396 g/mol. The zero-order chi connectivity index (χ0) is 20.0. The second-order valence-electron chi connectivity index (χ2n) is 6.41. The van der Waals surface area contributed by atoms with Crippen LogP contribution in [-0.2, 0) is 4.74 Å². The van der Waals surface area contributed by atoms with Gasteiger partial charge in [0.25, 0.3) is 11.1 Å². The molecule has 0 saturated carbocycles. The van der Waals surface area contributed by atoms with Gasteiger partial charge < -0.3 is 9.72 Å². The number of ether oxygens (including phenoxy) is 1. The van der Waals surface area contributed by atoms with Crippen molar-refractivity contribution < 1.29 is 9.53 Å². The number of H-pyrrole nitrogens is 2. The van der Waals surface area contributed by atoms with Gasteiger partial charge in [0.2, 0.25) is 0 Å². The summed E-state index contributed by atoms with van der Waals surface area (Å²) in [5.41, 5.74) is 0.236. The van der Waals surface area contributed by atoms with Gasteiger partial charge in [0.05, 0.1) is 10.8 Å². The third-order valence-electron chi connectivity index (χ3n) is 4.62. The molecule has 0 aliphatic heterocycles. The predicted octanol–water partition coefficient (Wildman–Crippen LogP) is 2.76. The van der Waals surface area contributed by atoms with Crippen molar-refractivity contribution in [2.24, 2.45) is 0 Å². The molecule has 4 aromatic rings. The van der Waals surface area contributed by atoms with E-state index in [2.05, 4.69) is 20.2 Å². The van der Waals surface area contributed by atoms with Crippen molar-refractivity contribution in [1.29, 1.82) is 0 Å². The highest BCUT2D eigenvalue weighted by Gasteiger charge is 2.21. The first-order valence-corrected chi connectivity index (χ1v) is 9.36. The van der Waals surface area contributed by atoms with Gasteiger partial charge in [-0.05, 0) is 32.4 Å². The smallest absolute Gasteiger partial charge is 0.360 e. The summed E-state index contributed by atoms with van der Waals surface area (Å²) in [7, 11) is 0. The Hall–Kier alpha value is -3.33. The molecular formula is C19H16N4O4S. The average Bonchev–Trinajstić information content (AvgIpc) is 2.96. The molecular weight excluding hydrogens is 380 g/mol. The number of thiophene rings is 1. The van der Waals surface area contributed by atoms with Gasteiger partial charge in [0, 0.05) is 10.3 Å². The summed E-state index contributed by atoms with van der Waals surface area (Å²) in [4.78, 5) is 45.7. The van der Waals surface area contributed by atoms with Gasteiger partial charge in [0.1, 0.15) is 4.83 Å². The van der Waals surface area contributed by atoms with Gasteiger partial charge in [-0.3, -0.25) is 9.59 Å². The molecule has 0 unspecified atom stereocenters. The molecule has 142 valence electrons. The van der Waals surface area contributed by atoms with E-state index in [4.69, 9.17) is 4.74 Å². The van der Waals surface area contributed by atoms with E-state index in [0.717, 1.165) is 10.4 Å². The number of rotatable bonds is 3. The SMILES string of the molecule is Cc1sc2nc([C@@H](C)OC(=O)c3n[nH]c(=O)c4ccccc34)[nH]c(=O)c2c1C. The molecule has 0 aliphatic carbocycles. The maximum absolute atomic E-state index is 12.6. The second kappa shape index (κ2) is 6.68. The van der Waals surface area contributed by atoms with Crippen molar-refractivity contribution >= 4 is 38.3 Å². The van der Waals surface area contributed by atoms with Crippen molar-refractivity contribution in [1.82, 2.24) is 20.2 Å². The third kappa shape index (κ3) is 2.89. The first kappa shape index (κ1) is 18.1. The highest BCUT2D eigenvalue weighted by molar-refractivity contribution is 7.18. The van der Waals surface area contributed by atoms with Crippen LogP contribution in [0.15, 0.2) is 33.9 Å². The number of nitrogens with one attached hydrogen (secondary N) is 2. The summed E-state index contributed by atoms with van der Waals surface area (Å²) in [5.74, 6) is -0.470. The molecule has 8 nitrogen and oxygen atoms in total. The number of aromatic nitrogens is 4. The van der Waals surface area contributed by atoms with Gasteiger partial charge in [-0.15, -0.1) is 11.3 Å². The minimum Gasteiger partial charge on any atom is -0.450 e. The minimum absolute atomic E-state index is 0.00622. The molecule has 0 aliphatic rings. The van der Waals surface area contributed by atoms with Crippen LogP contribution in [0.25, 0.3) is 21.0 Å². The first-order chi connectivity index (χ1) is 13.4. The van der Waals surface area contributed by atoms with Crippen LogP contribution in [-0.4, -0.2) is 26.1 Å². The lowest BCUT2D eigenvalue weighted by atomic mass is 10.1. The number of benzene rings is 1. The van der Waals surface area contributed by atoms with Crippen LogP contribution in [0.5, 0.6) is 0 Å². The van der Waals surface area contributed by atoms with Crippen LogP contribution >= 0.6 is 11.3 Å². The Kier molecular flexibility index (Phi) is 4.31. The lowest BCUT2D eigenvalue weighted by Crippen LogP contribution is -2.20. The lowest BCUT2D eigenvalue weighted by Gasteiger charge is -2.13. The largest absolute Gasteiger partial charge is 0.450 e. The summed E-state index contributed by atoms with van der Waals surface area (Å²) in [5, 5.41) is 7.42. The van der Waals surface area contributed by atoms with Crippen LogP contribution < -0.4 is 11.1 Å². The van der Waals surface area contributed by atoms with E-state index in [1.807, 2.05) is 13.8 Å². The maximum Gasteiger partial charge on any atom is 0.360 e. The van der Waals surface area contributed by atoms with E-state index in [-0.39, 0.29) is 22.6 Å². The number of hydrogen-bond acceptors (Lipinski definition) is 7. The van der Waals surface area contributed by atoms with Gasteiger partial charge in [-0.1, -0.05) is 18.2 Å². The molecule has 0 spiro atoms. The predicted molar refractivity (Wildman–Crippen MR) is 106 cm³/mol. The molecule has 1 atom stereocenters. The molecule has 0 radical (unpaired) electrons. The topological polar surface area (TPSA) is 118 Å². The second-order valence-corrected chi connectivity index (χ2v) is 7.61. The fourth-order valence-electron chi connectivity index (χ4n) is 3.01. The van der Waals surface area contributed by atoms with Crippen molar-refractivity contribution in [2.45, 2.75) is 26.9 Å². The molecule has 4 rings (SSSR count). The number of aromatic amines is 2. The maximum atomic E-state index is 12.6. The van der Waals surface area contributed by atoms with E-state index < -0.39 is 12.1 Å². The molecule has 1 aromatic carbocycles. The minimum atomic E-state index is -0.806. The lowest BCUT2D eigenvalue weighted by molar-refractivity contribution is 0.0314. The highest BCUT2D eigenvalue weighted by Crippen LogP contribution is 2.27. The Labute approximate surface area is 162 Å². The molecule has 2 N–H and O–H groups in total. The molecule has 3 aromatic heterocycles. The van der Waals surface area contributed by atoms with Crippen molar-refractivity contribution in [2.75, 3.05) is 0 Å². The zero-order valence-corrected chi connectivity index (χ0v) is 16.1. The Morgan fingerprint density at radius 1 is 1.14 bits per heavy atom. The summed E-state index contributed by atoms with van der Waals surface area (Å²) in [6.45, 7) is 5.42. The van der Waals surface area contributed by atoms with E-state index in [1.54, 1.807) is 31.2 Å². The number of hydrogen-bond donors (Lipinski definition) is 2. The van der Waals surface area contributed by atoms with Crippen LogP contribution in [0.2, 0.25) is 0 Å². The van der Waals surface area contributed by atoms with Gasteiger partial charge in [-0.25, -0.2) is 14.9 Å². The Bertz CT molecular complexity index is 1350. The number of esters is 1. The Morgan fingerprint density at radius 3 is 2.61 bits per heavy atom. The first-order valence-electron chi connectivity index (χ1n) is 8.55. The Balaban J connectivity index is 1.69. The monoisotopic (exact) mass is 396 g/mol. The third-order valence-corrected chi connectivity index (χ3v) is 5.72. The van der Waals surface area contributed by atoms with Gasteiger partial charge >= 0.3 is 5.97 Å². The van der Waals surface area contributed by atoms with Crippen LogP contribution in [0.4, 0.5) is 0 Å². The molecule has 0 amide bonds. The molecule has 0 bridgehead atoms. The highest BCUT2D eigenvalue weighted by atomic mass is 32.1. The van der Waals surface area contributed by atoms with Crippen molar-refractivity contribution in [3.05, 3.63) is 66.9 Å². The van der Waals surface area contributed by atoms with E-state index in [1.165, 1.54) is 11.3 Å². The van der Waals surface area contributed by atoms with Crippen molar-refractivity contribution in [3.63, 3.8) is 0 Å². The number of aryl methyl sites for hydroxylation is 2.